The average molecular weight is 164 g/mol. The molecule has 0 spiro atoms. The van der Waals surface area contributed by atoms with E-state index in [0.717, 1.165) is 0 Å². The third kappa shape index (κ3) is 1.87. The molecule has 0 rings (SSSR count). The molecule has 0 aromatic rings. The molecule has 0 unspecified atom stereocenters. The molecule has 0 aromatic heterocycles. The molecule has 0 aliphatic rings. The van der Waals surface area contributed by atoms with Crippen molar-refractivity contribution in [1.29, 1.82) is 0 Å². The first-order valence-electron chi connectivity index (χ1n) is 3.25. The standard InChI is InChI=1S/C7H16O2S/c1-6(2,8-5)7(3,4)9-10/h10H,1-5H3. The van der Waals surface area contributed by atoms with Gasteiger partial charge in [0.15, 0.2) is 0 Å². The van der Waals surface area contributed by atoms with Gasteiger partial charge >= 0.3 is 0 Å². The molecular weight excluding hydrogens is 148 g/mol. The molecule has 0 bridgehead atoms. The minimum absolute atomic E-state index is 0.311. The Labute approximate surface area is 68.5 Å². The van der Waals surface area contributed by atoms with Gasteiger partial charge in [0, 0.05) is 7.11 Å². The molecule has 10 heavy (non-hydrogen) atoms. The van der Waals surface area contributed by atoms with Crippen LogP contribution < -0.4 is 0 Å². The Balaban J connectivity index is 4.28. The van der Waals surface area contributed by atoms with E-state index >= 15 is 0 Å². The molecule has 0 aromatic carbocycles. The van der Waals surface area contributed by atoms with Crippen molar-refractivity contribution in [2.75, 3.05) is 7.11 Å². The summed E-state index contributed by atoms with van der Waals surface area (Å²) in [6.07, 6.45) is 0. The molecule has 0 amide bonds. The number of hydrogen-bond donors (Lipinski definition) is 1. The molecule has 3 heteroatoms. The molecule has 0 aliphatic carbocycles. The highest BCUT2D eigenvalue weighted by Gasteiger charge is 2.37. The Bertz CT molecular complexity index is 96.2. The van der Waals surface area contributed by atoms with Crippen LogP contribution in [0, 0.1) is 0 Å². The molecule has 0 atom stereocenters. The average Bonchev–Trinajstić information content (AvgIpc) is 1.88. The maximum absolute atomic E-state index is 5.22. The van der Waals surface area contributed by atoms with Gasteiger partial charge in [0.05, 0.1) is 5.60 Å². The lowest BCUT2D eigenvalue weighted by atomic mass is 9.90. The second-order valence-corrected chi connectivity index (χ2v) is 3.50. The maximum atomic E-state index is 5.22. The first kappa shape index (κ1) is 10.3. The van der Waals surface area contributed by atoms with Gasteiger partial charge in [-0.25, -0.2) is 0 Å². The zero-order chi connectivity index (χ0) is 8.41. The Morgan fingerprint density at radius 3 is 1.50 bits per heavy atom. The fraction of sp³-hybridized carbons (Fsp3) is 1.00. The lowest BCUT2D eigenvalue weighted by Gasteiger charge is -2.37. The van der Waals surface area contributed by atoms with Crippen LogP contribution in [-0.4, -0.2) is 18.3 Å². The predicted octanol–water partition coefficient (Wildman–Crippen LogP) is 2.05. The van der Waals surface area contributed by atoms with Crippen molar-refractivity contribution in [2.24, 2.45) is 0 Å². The van der Waals surface area contributed by atoms with Crippen LogP contribution in [0.1, 0.15) is 27.7 Å². The van der Waals surface area contributed by atoms with Crippen molar-refractivity contribution in [2.45, 2.75) is 38.9 Å². The van der Waals surface area contributed by atoms with Crippen LogP contribution in [0.25, 0.3) is 0 Å². The molecule has 0 radical (unpaired) electrons. The van der Waals surface area contributed by atoms with Crippen LogP contribution in [0.3, 0.4) is 0 Å². The van der Waals surface area contributed by atoms with Crippen LogP contribution in [0.2, 0.25) is 0 Å². The minimum Gasteiger partial charge on any atom is -0.376 e. The van der Waals surface area contributed by atoms with Gasteiger partial charge in [0.2, 0.25) is 0 Å². The molecule has 0 saturated heterocycles. The first-order chi connectivity index (χ1) is 4.37. The summed E-state index contributed by atoms with van der Waals surface area (Å²) in [5, 5.41) is 0. The van der Waals surface area contributed by atoms with Crippen LogP contribution in [0.15, 0.2) is 0 Å². The van der Waals surface area contributed by atoms with E-state index in [9.17, 15) is 0 Å². The minimum atomic E-state index is -0.370. The summed E-state index contributed by atoms with van der Waals surface area (Å²) in [5.41, 5.74) is -0.681. The molecule has 0 heterocycles. The van der Waals surface area contributed by atoms with Crippen LogP contribution in [0.4, 0.5) is 0 Å². The number of methoxy groups -OCH3 is 1. The third-order valence-electron chi connectivity index (χ3n) is 2.19. The largest absolute Gasteiger partial charge is 0.376 e. The van der Waals surface area contributed by atoms with E-state index in [-0.39, 0.29) is 11.2 Å². The summed E-state index contributed by atoms with van der Waals surface area (Å²) in [6.45, 7) is 7.79. The summed E-state index contributed by atoms with van der Waals surface area (Å²) in [5.74, 6) is 0. The van der Waals surface area contributed by atoms with Gasteiger partial charge in [-0.05, 0) is 40.6 Å². The van der Waals surface area contributed by atoms with E-state index in [2.05, 4.69) is 12.9 Å². The highest BCUT2D eigenvalue weighted by molar-refractivity contribution is 7.75. The van der Waals surface area contributed by atoms with Crippen molar-refractivity contribution < 1.29 is 8.92 Å². The van der Waals surface area contributed by atoms with Crippen molar-refractivity contribution >= 4 is 12.9 Å². The Morgan fingerprint density at radius 1 is 1.00 bits per heavy atom. The van der Waals surface area contributed by atoms with E-state index in [0.29, 0.717) is 0 Å². The number of thiol groups is 1. The first-order valence-corrected chi connectivity index (χ1v) is 3.61. The number of rotatable bonds is 3. The summed E-state index contributed by atoms with van der Waals surface area (Å²) in [7, 11) is 1.66. The topological polar surface area (TPSA) is 18.5 Å². The van der Waals surface area contributed by atoms with Crippen LogP contribution in [-0.2, 0) is 8.92 Å². The fourth-order valence-corrected chi connectivity index (χ4v) is 0.576. The van der Waals surface area contributed by atoms with Crippen LogP contribution in [0.5, 0.6) is 0 Å². The second-order valence-electron chi connectivity index (χ2n) is 3.32. The summed E-state index contributed by atoms with van der Waals surface area (Å²) in [4.78, 5) is 0. The second kappa shape index (κ2) is 3.11. The highest BCUT2D eigenvalue weighted by atomic mass is 32.1. The van der Waals surface area contributed by atoms with Gasteiger partial charge < -0.3 is 8.92 Å². The quantitative estimate of drug-likeness (QED) is 0.508. The van der Waals surface area contributed by atoms with Crippen molar-refractivity contribution in [3.8, 4) is 0 Å². The summed E-state index contributed by atoms with van der Waals surface area (Å²) >= 11 is 3.77. The maximum Gasteiger partial charge on any atom is 0.105 e. The molecule has 62 valence electrons. The predicted molar refractivity (Wildman–Crippen MR) is 45.2 cm³/mol. The van der Waals surface area contributed by atoms with Crippen LogP contribution >= 0.6 is 12.9 Å². The lowest BCUT2D eigenvalue weighted by Crippen LogP contribution is -2.47. The number of hydrogen-bond acceptors (Lipinski definition) is 3. The van der Waals surface area contributed by atoms with E-state index in [1.54, 1.807) is 7.11 Å². The third-order valence-corrected chi connectivity index (χ3v) is 2.64. The molecule has 0 fully saturated rings. The molecule has 0 aliphatic heterocycles. The van der Waals surface area contributed by atoms with Gasteiger partial charge in [0.25, 0.3) is 0 Å². The van der Waals surface area contributed by atoms with Gasteiger partial charge in [-0.15, -0.1) is 0 Å². The number of ether oxygens (including phenoxy) is 1. The van der Waals surface area contributed by atoms with Gasteiger partial charge in [-0.1, -0.05) is 0 Å². The fourth-order valence-electron chi connectivity index (χ4n) is 0.356. The van der Waals surface area contributed by atoms with E-state index < -0.39 is 0 Å². The van der Waals surface area contributed by atoms with Gasteiger partial charge in [-0.2, -0.15) is 0 Å². The Hall–Kier alpha value is 0.270. The smallest absolute Gasteiger partial charge is 0.105 e. The monoisotopic (exact) mass is 164 g/mol. The summed E-state index contributed by atoms with van der Waals surface area (Å²) < 4.78 is 10.2. The Kier molecular flexibility index (Phi) is 3.20. The van der Waals surface area contributed by atoms with E-state index in [1.165, 1.54) is 0 Å². The lowest BCUT2D eigenvalue weighted by molar-refractivity contribution is -0.106. The van der Waals surface area contributed by atoms with Crippen molar-refractivity contribution in [1.82, 2.24) is 0 Å². The molecule has 2 nitrogen and oxygen atoms in total. The normalized spacial score (nSPS) is 13.8. The van der Waals surface area contributed by atoms with E-state index in [4.69, 9.17) is 8.92 Å². The van der Waals surface area contributed by atoms with E-state index in [1.807, 2.05) is 27.7 Å². The SMILES string of the molecule is COC(C)(C)C(C)(C)OS. The molecular formula is C7H16O2S. The van der Waals surface area contributed by atoms with Crippen molar-refractivity contribution in [3.05, 3.63) is 0 Å². The Morgan fingerprint density at radius 2 is 1.40 bits per heavy atom. The molecule has 0 N–H and O–H groups in total. The molecule has 0 saturated carbocycles. The zero-order valence-corrected chi connectivity index (χ0v) is 8.16. The van der Waals surface area contributed by atoms with Gasteiger partial charge in [-0.3, -0.25) is 0 Å². The van der Waals surface area contributed by atoms with Gasteiger partial charge in [0.1, 0.15) is 5.60 Å². The summed E-state index contributed by atoms with van der Waals surface area (Å²) in [6, 6.07) is 0. The highest BCUT2D eigenvalue weighted by Crippen LogP contribution is 2.28. The zero-order valence-electron chi connectivity index (χ0n) is 7.26. The van der Waals surface area contributed by atoms with Crippen molar-refractivity contribution in [3.63, 3.8) is 0 Å².